The summed E-state index contributed by atoms with van der Waals surface area (Å²) in [5, 5.41) is 0. The van der Waals surface area contributed by atoms with E-state index in [0.717, 1.165) is 17.3 Å². The van der Waals surface area contributed by atoms with Crippen molar-refractivity contribution >= 4 is 21.9 Å². The Balaban J connectivity index is 2.39. The molecule has 1 aromatic rings. The Hall–Kier alpha value is -0.830. The third-order valence-electron chi connectivity index (χ3n) is 2.01. The monoisotopic (exact) mass is 256 g/mol. The van der Waals surface area contributed by atoms with E-state index < -0.39 is 0 Å². The third-order valence-corrected chi connectivity index (χ3v) is 2.79. The number of hydrogen-bond donors (Lipinski definition) is 0. The van der Waals surface area contributed by atoms with Gasteiger partial charge in [0.15, 0.2) is 0 Å². The topological polar surface area (TPSA) is 26.3 Å². The summed E-state index contributed by atoms with van der Waals surface area (Å²) < 4.78 is 5.67. The summed E-state index contributed by atoms with van der Waals surface area (Å²) in [6, 6.07) is 8.04. The van der Waals surface area contributed by atoms with Gasteiger partial charge in [-0.2, -0.15) is 0 Å². The Kier molecular flexibility index (Phi) is 4.66. The van der Waals surface area contributed by atoms with Crippen LogP contribution in [-0.2, 0) is 16.0 Å². The molecular weight excluding hydrogens is 244 g/mol. The highest BCUT2D eigenvalue weighted by molar-refractivity contribution is 9.10. The van der Waals surface area contributed by atoms with E-state index in [2.05, 4.69) is 26.7 Å². The molecule has 14 heavy (non-hydrogen) atoms. The van der Waals surface area contributed by atoms with Gasteiger partial charge in [-0.25, -0.2) is 0 Å². The molecule has 0 aliphatic carbocycles. The lowest BCUT2D eigenvalue weighted by atomic mass is 10.1. The fourth-order valence-corrected chi connectivity index (χ4v) is 1.71. The minimum atomic E-state index is -0.142. The zero-order chi connectivity index (χ0) is 10.4. The van der Waals surface area contributed by atoms with Crippen molar-refractivity contribution < 1.29 is 9.53 Å². The van der Waals surface area contributed by atoms with E-state index in [9.17, 15) is 4.79 Å². The minimum Gasteiger partial charge on any atom is -0.469 e. The van der Waals surface area contributed by atoms with Crippen LogP contribution in [0.25, 0.3) is 0 Å². The molecule has 0 saturated carbocycles. The number of halogens is 1. The highest BCUT2D eigenvalue weighted by atomic mass is 79.9. The molecule has 0 heterocycles. The number of hydrogen-bond acceptors (Lipinski definition) is 2. The fraction of sp³-hybridized carbons (Fsp3) is 0.364. The number of carbonyl (C=O) groups excluding carboxylic acids is 1. The van der Waals surface area contributed by atoms with Gasteiger partial charge in [0.05, 0.1) is 7.11 Å². The van der Waals surface area contributed by atoms with Crippen LogP contribution in [0.2, 0.25) is 0 Å². The predicted octanol–water partition coefficient (Wildman–Crippen LogP) is 2.94. The van der Waals surface area contributed by atoms with E-state index in [1.165, 1.54) is 12.7 Å². The lowest BCUT2D eigenvalue weighted by Gasteiger charge is -2.03. The Morgan fingerprint density at radius 2 is 2.14 bits per heavy atom. The van der Waals surface area contributed by atoms with Gasteiger partial charge in [-0.05, 0) is 24.5 Å². The molecule has 0 aliphatic rings. The second kappa shape index (κ2) is 5.81. The van der Waals surface area contributed by atoms with Crippen LogP contribution in [0.5, 0.6) is 0 Å². The lowest BCUT2D eigenvalue weighted by Crippen LogP contribution is -2.00. The number of esters is 1. The van der Waals surface area contributed by atoms with E-state index in [1.54, 1.807) is 0 Å². The van der Waals surface area contributed by atoms with Gasteiger partial charge in [-0.1, -0.05) is 34.1 Å². The molecule has 0 radical (unpaired) electrons. The molecule has 1 rings (SSSR count). The van der Waals surface area contributed by atoms with Crippen LogP contribution in [0.15, 0.2) is 28.7 Å². The number of rotatable bonds is 4. The van der Waals surface area contributed by atoms with Gasteiger partial charge in [-0.15, -0.1) is 0 Å². The fourth-order valence-electron chi connectivity index (χ4n) is 1.23. The van der Waals surface area contributed by atoms with Crippen LogP contribution in [0, 0.1) is 0 Å². The molecule has 76 valence electrons. The van der Waals surface area contributed by atoms with E-state index in [1.807, 2.05) is 18.2 Å². The molecule has 0 bridgehead atoms. The number of ether oxygens (including phenoxy) is 1. The van der Waals surface area contributed by atoms with Crippen molar-refractivity contribution in [3.05, 3.63) is 34.3 Å². The van der Waals surface area contributed by atoms with Crippen LogP contribution in [0.1, 0.15) is 18.4 Å². The van der Waals surface area contributed by atoms with E-state index in [-0.39, 0.29) is 5.97 Å². The van der Waals surface area contributed by atoms with E-state index in [0.29, 0.717) is 6.42 Å². The highest BCUT2D eigenvalue weighted by Crippen LogP contribution is 2.17. The molecule has 0 atom stereocenters. The maximum absolute atomic E-state index is 10.9. The molecule has 0 aliphatic heterocycles. The Labute approximate surface area is 92.4 Å². The first-order valence-corrected chi connectivity index (χ1v) is 5.33. The zero-order valence-electron chi connectivity index (χ0n) is 8.13. The highest BCUT2D eigenvalue weighted by Gasteiger charge is 2.02. The predicted molar refractivity (Wildman–Crippen MR) is 59.1 cm³/mol. The summed E-state index contributed by atoms with van der Waals surface area (Å²) in [4.78, 5) is 10.9. The lowest BCUT2D eigenvalue weighted by molar-refractivity contribution is -0.140. The summed E-state index contributed by atoms with van der Waals surface area (Å²) >= 11 is 3.46. The Morgan fingerprint density at radius 3 is 2.79 bits per heavy atom. The molecule has 1 aromatic carbocycles. The molecule has 0 fully saturated rings. The maximum atomic E-state index is 10.9. The van der Waals surface area contributed by atoms with Crippen LogP contribution in [0.4, 0.5) is 0 Å². The van der Waals surface area contributed by atoms with E-state index in [4.69, 9.17) is 0 Å². The zero-order valence-corrected chi connectivity index (χ0v) is 9.71. The second-order valence-electron chi connectivity index (χ2n) is 3.02. The van der Waals surface area contributed by atoms with E-state index >= 15 is 0 Å². The molecule has 3 heteroatoms. The summed E-state index contributed by atoms with van der Waals surface area (Å²) in [6.07, 6.45) is 2.21. The third kappa shape index (κ3) is 3.50. The van der Waals surface area contributed by atoms with Crippen molar-refractivity contribution in [1.82, 2.24) is 0 Å². The normalized spacial score (nSPS) is 9.86. The number of methoxy groups -OCH3 is 1. The minimum absolute atomic E-state index is 0.142. The molecule has 0 aromatic heterocycles. The first-order valence-electron chi connectivity index (χ1n) is 4.54. The van der Waals surface area contributed by atoms with Crippen LogP contribution >= 0.6 is 15.9 Å². The van der Waals surface area contributed by atoms with Crippen LogP contribution in [-0.4, -0.2) is 13.1 Å². The summed E-state index contributed by atoms with van der Waals surface area (Å²) in [5.74, 6) is -0.142. The number of aryl methyl sites for hydroxylation is 1. The molecule has 0 unspecified atom stereocenters. The first-order chi connectivity index (χ1) is 6.74. The van der Waals surface area contributed by atoms with Gasteiger partial charge < -0.3 is 4.74 Å². The Morgan fingerprint density at radius 1 is 1.43 bits per heavy atom. The van der Waals surface area contributed by atoms with Crippen LogP contribution < -0.4 is 0 Å². The number of benzene rings is 1. The summed E-state index contributed by atoms with van der Waals surface area (Å²) in [6.45, 7) is 0. The standard InChI is InChI=1S/C11H13BrO2/c1-14-11(13)8-4-6-9-5-2-3-7-10(9)12/h2-3,5,7H,4,6,8H2,1H3. The summed E-state index contributed by atoms with van der Waals surface area (Å²) in [7, 11) is 1.42. The van der Waals surface area contributed by atoms with Crippen molar-refractivity contribution in [3.63, 3.8) is 0 Å². The Bertz CT molecular complexity index is 310. The molecule has 0 saturated heterocycles. The van der Waals surface area contributed by atoms with Gasteiger partial charge in [-0.3, -0.25) is 4.79 Å². The summed E-state index contributed by atoms with van der Waals surface area (Å²) in [5.41, 5.74) is 1.23. The quantitative estimate of drug-likeness (QED) is 0.775. The van der Waals surface area contributed by atoms with Gasteiger partial charge in [0, 0.05) is 10.9 Å². The largest absolute Gasteiger partial charge is 0.469 e. The molecular formula is C11H13BrO2. The van der Waals surface area contributed by atoms with Gasteiger partial charge in [0.1, 0.15) is 0 Å². The van der Waals surface area contributed by atoms with Gasteiger partial charge >= 0.3 is 5.97 Å². The van der Waals surface area contributed by atoms with Crippen molar-refractivity contribution in [1.29, 1.82) is 0 Å². The molecule has 0 amide bonds. The van der Waals surface area contributed by atoms with Gasteiger partial charge in [0.25, 0.3) is 0 Å². The first kappa shape index (κ1) is 11.2. The smallest absolute Gasteiger partial charge is 0.305 e. The average Bonchev–Trinajstić information content (AvgIpc) is 2.20. The van der Waals surface area contributed by atoms with Crippen molar-refractivity contribution in [3.8, 4) is 0 Å². The second-order valence-corrected chi connectivity index (χ2v) is 3.88. The molecule has 2 nitrogen and oxygen atoms in total. The van der Waals surface area contributed by atoms with Crippen molar-refractivity contribution in [2.75, 3.05) is 7.11 Å². The number of carbonyl (C=O) groups is 1. The van der Waals surface area contributed by atoms with Crippen molar-refractivity contribution in [2.45, 2.75) is 19.3 Å². The van der Waals surface area contributed by atoms with Gasteiger partial charge in [0.2, 0.25) is 0 Å². The van der Waals surface area contributed by atoms with Crippen LogP contribution in [0.3, 0.4) is 0 Å². The molecule has 0 N–H and O–H groups in total. The average molecular weight is 257 g/mol. The SMILES string of the molecule is COC(=O)CCCc1ccccc1Br. The van der Waals surface area contributed by atoms with Crippen molar-refractivity contribution in [2.24, 2.45) is 0 Å². The maximum Gasteiger partial charge on any atom is 0.305 e. The molecule has 0 spiro atoms.